The van der Waals surface area contributed by atoms with E-state index in [2.05, 4.69) is 20.4 Å². The van der Waals surface area contributed by atoms with E-state index in [0.717, 1.165) is 31.0 Å². The molecule has 0 bridgehead atoms. The van der Waals surface area contributed by atoms with E-state index in [1.165, 1.54) is 25.7 Å². The van der Waals surface area contributed by atoms with Crippen LogP contribution in [0.4, 0.5) is 0 Å². The van der Waals surface area contributed by atoms with Crippen molar-refractivity contribution in [2.24, 2.45) is 0 Å². The van der Waals surface area contributed by atoms with Crippen LogP contribution in [0.15, 0.2) is 21.3 Å². The second kappa shape index (κ2) is 7.15. The van der Waals surface area contributed by atoms with E-state index in [1.54, 1.807) is 11.3 Å². The van der Waals surface area contributed by atoms with Gasteiger partial charge in [-0.05, 0) is 50.8 Å². The Hall–Kier alpha value is -1.24. The van der Waals surface area contributed by atoms with Crippen LogP contribution in [0.3, 0.4) is 0 Å². The van der Waals surface area contributed by atoms with Crippen molar-refractivity contribution >= 4 is 11.3 Å². The number of nitrogens with zero attached hydrogens (tertiary/aromatic N) is 3. The van der Waals surface area contributed by atoms with Crippen molar-refractivity contribution < 1.29 is 4.52 Å². The lowest BCUT2D eigenvalue weighted by atomic mass is 9.99. The highest BCUT2D eigenvalue weighted by molar-refractivity contribution is 7.08. The van der Waals surface area contributed by atoms with Gasteiger partial charge in [0.1, 0.15) is 0 Å². The number of piperidine rings is 1. The normalized spacial score (nSPS) is 20.0. The zero-order valence-corrected chi connectivity index (χ0v) is 13.2. The first kappa shape index (κ1) is 14.7. The Balaban J connectivity index is 1.64. The Labute approximate surface area is 129 Å². The first-order chi connectivity index (χ1) is 10.4. The van der Waals surface area contributed by atoms with Gasteiger partial charge in [-0.15, -0.1) is 0 Å². The maximum absolute atomic E-state index is 5.37. The molecule has 1 aliphatic heterocycles. The molecule has 6 heteroatoms. The van der Waals surface area contributed by atoms with Gasteiger partial charge in [-0.2, -0.15) is 16.3 Å². The highest BCUT2D eigenvalue weighted by Gasteiger charge is 2.23. The Morgan fingerprint density at radius 3 is 3.24 bits per heavy atom. The van der Waals surface area contributed by atoms with E-state index in [0.29, 0.717) is 11.9 Å². The van der Waals surface area contributed by atoms with Gasteiger partial charge in [0.2, 0.25) is 0 Å². The van der Waals surface area contributed by atoms with Crippen LogP contribution < -0.4 is 5.32 Å². The lowest BCUT2D eigenvalue weighted by molar-refractivity contribution is 0.128. The number of aromatic nitrogens is 2. The summed E-state index contributed by atoms with van der Waals surface area (Å²) in [4.78, 5) is 7.04. The lowest BCUT2D eigenvalue weighted by Crippen LogP contribution is -2.40. The van der Waals surface area contributed by atoms with Crippen molar-refractivity contribution in [2.75, 3.05) is 20.1 Å². The number of hydrogen-bond donors (Lipinski definition) is 1. The standard InChI is InChI=1S/C15H22N4OS/c1-16-7-5-13-4-2-3-8-19(13)10-14-17-15(20-18-14)12-6-9-21-11-12/h6,9,11,13,16H,2-5,7-8,10H2,1H3. The molecule has 1 atom stereocenters. The summed E-state index contributed by atoms with van der Waals surface area (Å²) < 4.78 is 5.37. The molecule has 2 aromatic heterocycles. The fourth-order valence-electron chi connectivity index (χ4n) is 2.91. The van der Waals surface area contributed by atoms with E-state index >= 15 is 0 Å². The molecule has 1 unspecified atom stereocenters. The van der Waals surface area contributed by atoms with Gasteiger partial charge in [0.05, 0.1) is 12.1 Å². The summed E-state index contributed by atoms with van der Waals surface area (Å²) in [5.41, 5.74) is 1.02. The molecule has 3 heterocycles. The molecule has 1 N–H and O–H groups in total. The van der Waals surface area contributed by atoms with Gasteiger partial charge in [0, 0.05) is 11.4 Å². The Morgan fingerprint density at radius 1 is 1.48 bits per heavy atom. The lowest BCUT2D eigenvalue weighted by Gasteiger charge is -2.34. The molecule has 0 aliphatic carbocycles. The molecular formula is C15H22N4OS. The first-order valence-electron chi connectivity index (χ1n) is 7.60. The van der Waals surface area contributed by atoms with Gasteiger partial charge in [0.25, 0.3) is 5.89 Å². The smallest absolute Gasteiger partial charge is 0.258 e. The van der Waals surface area contributed by atoms with Crippen LogP contribution in [0.1, 0.15) is 31.5 Å². The monoisotopic (exact) mass is 306 g/mol. The molecule has 0 spiro atoms. The van der Waals surface area contributed by atoms with Crippen molar-refractivity contribution in [3.63, 3.8) is 0 Å². The highest BCUT2D eigenvalue weighted by Crippen LogP contribution is 2.23. The minimum Gasteiger partial charge on any atom is -0.334 e. The van der Waals surface area contributed by atoms with Gasteiger partial charge < -0.3 is 9.84 Å². The molecule has 0 radical (unpaired) electrons. The molecule has 2 aromatic rings. The third kappa shape index (κ3) is 3.70. The van der Waals surface area contributed by atoms with Crippen LogP contribution in [0.25, 0.3) is 11.5 Å². The third-order valence-corrected chi connectivity index (χ3v) is 4.74. The zero-order chi connectivity index (χ0) is 14.5. The summed E-state index contributed by atoms with van der Waals surface area (Å²) in [5.74, 6) is 1.43. The Kier molecular flexibility index (Phi) is 5.00. The third-order valence-electron chi connectivity index (χ3n) is 4.06. The maximum Gasteiger partial charge on any atom is 0.258 e. The molecule has 0 saturated carbocycles. The molecule has 5 nitrogen and oxygen atoms in total. The van der Waals surface area contributed by atoms with E-state index < -0.39 is 0 Å². The number of nitrogens with one attached hydrogen (secondary N) is 1. The summed E-state index contributed by atoms with van der Waals surface area (Å²) in [6.07, 6.45) is 5.06. The Morgan fingerprint density at radius 2 is 2.43 bits per heavy atom. The molecule has 0 aromatic carbocycles. The second-order valence-electron chi connectivity index (χ2n) is 5.54. The molecule has 1 aliphatic rings. The van der Waals surface area contributed by atoms with E-state index in [9.17, 15) is 0 Å². The number of hydrogen-bond acceptors (Lipinski definition) is 6. The zero-order valence-electron chi connectivity index (χ0n) is 12.4. The van der Waals surface area contributed by atoms with Gasteiger partial charge >= 0.3 is 0 Å². The van der Waals surface area contributed by atoms with Gasteiger partial charge in [0.15, 0.2) is 5.82 Å². The average Bonchev–Trinajstić information content (AvgIpc) is 3.17. The van der Waals surface area contributed by atoms with Crippen LogP contribution in [-0.4, -0.2) is 41.2 Å². The predicted octanol–water partition coefficient (Wildman–Crippen LogP) is 2.76. The minimum atomic E-state index is 0.634. The van der Waals surface area contributed by atoms with Crippen molar-refractivity contribution in [3.05, 3.63) is 22.7 Å². The predicted molar refractivity (Wildman–Crippen MR) is 84.2 cm³/mol. The fraction of sp³-hybridized carbons (Fsp3) is 0.600. The largest absolute Gasteiger partial charge is 0.334 e. The van der Waals surface area contributed by atoms with Crippen molar-refractivity contribution in [3.8, 4) is 11.5 Å². The maximum atomic E-state index is 5.37. The van der Waals surface area contributed by atoms with E-state index in [1.807, 2.05) is 23.9 Å². The second-order valence-corrected chi connectivity index (χ2v) is 6.32. The minimum absolute atomic E-state index is 0.634. The molecule has 3 rings (SSSR count). The van der Waals surface area contributed by atoms with Gasteiger partial charge in [-0.3, -0.25) is 4.90 Å². The van der Waals surface area contributed by atoms with Gasteiger partial charge in [-0.25, -0.2) is 0 Å². The number of likely N-dealkylation sites (tertiary alicyclic amines) is 1. The molecule has 1 fully saturated rings. The summed E-state index contributed by atoms with van der Waals surface area (Å²) in [6.45, 7) is 2.99. The summed E-state index contributed by atoms with van der Waals surface area (Å²) in [7, 11) is 2.01. The first-order valence-corrected chi connectivity index (χ1v) is 8.55. The van der Waals surface area contributed by atoms with Crippen LogP contribution in [-0.2, 0) is 6.54 Å². The highest BCUT2D eigenvalue weighted by atomic mass is 32.1. The summed E-state index contributed by atoms with van der Waals surface area (Å²) >= 11 is 1.64. The topological polar surface area (TPSA) is 54.2 Å². The molecule has 1 saturated heterocycles. The quantitative estimate of drug-likeness (QED) is 0.889. The number of rotatable bonds is 6. The molecular weight excluding hydrogens is 284 g/mol. The SMILES string of the molecule is CNCCC1CCCCN1Cc1noc(-c2ccsc2)n1. The molecule has 114 valence electrons. The Bertz CT molecular complexity index is 540. The van der Waals surface area contributed by atoms with Crippen molar-refractivity contribution in [2.45, 2.75) is 38.3 Å². The summed E-state index contributed by atoms with van der Waals surface area (Å²) in [5, 5.41) is 11.5. The van der Waals surface area contributed by atoms with Crippen molar-refractivity contribution in [1.82, 2.24) is 20.4 Å². The van der Waals surface area contributed by atoms with E-state index in [4.69, 9.17) is 4.52 Å². The van der Waals surface area contributed by atoms with Crippen LogP contribution in [0.2, 0.25) is 0 Å². The van der Waals surface area contributed by atoms with E-state index in [-0.39, 0.29) is 0 Å². The van der Waals surface area contributed by atoms with Gasteiger partial charge in [-0.1, -0.05) is 11.6 Å². The average molecular weight is 306 g/mol. The number of thiophene rings is 1. The summed E-state index contributed by atoms with van der Waals surface area (Å²) in [6, 6.07) is 2.65. The fourth-order valence-corrected chi connectivity index (χ4v) is 3.54. The molecule has 21 heavy (non-hydrogen) atoms. The van der Waals surface area contributed by atoms with Crippen LogP contribution in [0, 0.1) is 0 Å². The van der Waals surface area contributed by atoms with Crippen LogP contribution >= 0.6 is 11.3 Å². The van der Waals surface area contributed by atoms with Crippen LogP contribution in [0.5, 0.6) is 0 Å². The molecule has 0 amide bonds. The van der Waals surface area contributed by atoms with Crippen molar-refractivity contribution in [1.29, 1.82) is 0 Å².